The maximum absolute atomic E-state index is 8.86. The zero-order valence-corrected chi connectivity index (χ0v) is 13.7. The first kappa shape index (κ1) is 16.4. The molecule has 112 valence electrons. The number of hydrogen-bond donors (Lipinski definition) is 0. The Bertz CT molecular complexity index is 666. The van der Waals surface area contributed by atoms with Gasteiger partial charge in [0.15, 0.2) is 0 Å². The van der Waals surface area contributed by atoms with Gasteiger partial charge < -0.3 is 4.74 Å². The van der Waals surface area contributed by atoms with Crippen LogP contribution in [0.3, 0.4) is 0 Å². The lowest BCUT2D eigenvalue weighted by Crippen LogP contribution is -1.99. The van der Waals surface area contributed by atoms with E-state index in [9.17, 15) is 0 Å². The van der Waals surface area contributed by atoms with E-state index in [2.05, 4.69) is 42.7 Å². The normalized spacial score (nSPS) is 11.2. The van der Waals surface area contributed by atoms with E-state index >= 15 is 0 Å². The molecule has 22 heavy (non-hydrogen) atoms. The van der Waals surface area contributed by atoms with Crippen LogP contribution in [0.4, 0.5) is 0 Å². The third-order valence-electron chi connectivity index (χ3n) is 3.29. The molecule has 2 aromatic rings. The molecule has 2 aromatic carbocycles. The fraction of sp³-hybridized carbons (Fsp3) is 0.211. The van der Waals surface area contributed by atoms with Gasteiger partial charge in [0.05, 0.1) is 24.8 Å². The summed E-state index contributed by atoms with van der Waals surface area (Å²) in [5, 5.41) is 11.0. The smallest absolute Gasteiger partial charge is 0.0991 e. The Hall–Kier alpha value is -2.02. The molecule has 0 N–H and O–H groups in total. The van der Waals surface area contributed by atoms with E-state index in [0.717, 1.165) is 11.1 Å². The highest BCUT2D eigenvalue weighted by Gasteiger charge is 2.03. The lowest BCUT2D eigenvalue weighted by Gasteiger charge is -2.09. The first-order chi connectivity index (χ1) is 10.7. The van der Waals surface area contributed by atoms with Gasteiger partial charge in [0, 0.05) is 0 Å². The summed E-state index contributed by atoms with van der Waals surface area (Å²) in [5.41, 5.74) is 5.33. The maximum atomic E-state index is 8.86. The highest BCUT2D eigenvalue weighted by atomic mass is 32.2. The molecule has 0 bridgehead atoms. The first-order valence-electron chi connectivity index (χ1n) is 7.08. The van der Waals surface area contributed by atoms with Crippen molar-refractivity contribution in [2.45, 2.75) is 13.5 Å². The summed E-state index contributed by atoms with van der Waals surface area (Å²) in [7, 11) is 0. The fourth-order valence-corrected chi connectivity index (χ4v) is 2.54. The molecule has 0 aliphatic heterocycles. The summed E-state index contributed by atoms with van der Waals surface area (Å²) < 4.78 is 5.84. The Kier molecular flexibility index (Phi) is 6.27. The number of aryl methyl sites for hydroxylation is 1. The van der Waals surface area contributed by atoms with Crippen LogP contribution in [-0.4, -0.2) is 12.9 Å². The van der Waals surface area contributed by atoms with Gasteiger partial charge >= 0.3 is 0 Å². The molecule has 2 nitrogen and oxygen atoms in total. The third-order valence-corrected chi connectivity index (χ3v) is 3.81. The van der Waals surface area contributed by atoms with Crippen molar-refractivity contribution >= 4 is 17.3 Å². The molecule has 0 saturated heterocycles. The molecule has 0 fully saturated rings. The molecule has 0 aromatic heterocycles. The Morgan fingerprint density at radius 1 is 1.14 bits per heavy atom. The monoisotopic (exact) mass is 309 g/mol. The summed E-state index contributed by atoms with van der Waals surface area (Å²) in [5.74, 6) is 0. The van der Waals surface area contributed by atoms with Gasteiger partial charge in [-0.1, -0.05) is 42.0 Å². The molecule has 2 rings (SSSR count). The number of ether oxygens (including phenoxy) is 1. The number of benzene rings is 2. The summed E-state index contributed by atoms with van der Waals surface area (Å²) in [6, 6.07) is 18.1. The van der Waals surface area contributed by atoms with Gasteiger partial charge in [-0.2, -0.15) is 5.26 Å². The molecule has 0 amide bonds. The lowest BCUT2D eigenvalue weighted by atomic mass is 10.1. The average molecular weight is 309 g/mol. The summed E-state index contributed by atoms with van der Waals surface area (Å²) in [6.07, 6.45) is 2.03. The zero-order valence-electron chi connectivity index (χ0n) is 12.9. The van der Waals surface area contributed by atoms with Crippen molar-refractivity contribution in [2.75, 3.05) is 12.9 Å². The van der Waals surface area contributed by atoms with E-state index < -0.39 is 0 Å². The Labute approximate surface area is 136 Å². The zero-order chi connectivity index (χ0) is 15.8. The van der Waals surface area contributed by atoms with Gasteiger partial charge in [0.2, 0.25) is 0 Å². The van der Waals surface area contributed by atoms with Gasteiger partial charge in [0.25, 0.3) is 0 Å². The van der Waals surface area contributed by atoms with E-state index in [1.807, 2.05) is 30.5 Å². The summed E-state index contributed by atoms with van der Waals surface area (Å²) in [6.45, 7) is 3.23. The van der Waals surface area contributed by atoms with Crippen molar-refractivity contribution in [3.63, 3.8) is 0 Å². The molecule has 0 saturated carbocycles. The van der Waals surface area contributed by atoms with Crippen LogP contribution in [0.5, 0.6) is 0 Å². The lowest BCUT2D eigenvalue weighted by molar-refractivity contribution is 0.153. The molecule has 0 spiro atoms. The molecular formula is C19H19NOS. The molecule has 0 aliphatic rings. The van der Waals surface area contributed by atoms with E-state index in [0.29, 0.717) is 18.8 Å². The Balaban J connectivity index is 1.98. The fourth-order valence-electron chi connectivity index (χ4n) is 2.05. The number of thioether (sulfide) groups is 1. The minimum absolute atomic E-state index is 0.556. The van der Waals surface area contributed by atoms with Crippen LogP contribution in [0.25, 0.3) is 5.57 Å². The van der Waals surface area contributed by atoms with E-state index in [1.54, 1.807) is 11.8 Å². The topological polar surface area (TPSA) is 33.0 Å². The minimum atomic E-state index is 0.556. The number of nitrogens with zero attached hydrogens (tertiary/aromatic N) is 1. The van der Waals surface area contributed by atoms with Crippen LogP contribution in [0, 0.1) is 18.3 Å². The predicted molar refractivity (Wildman–Crippen MR) is 93.5 cm³/mol. The number of nitriles is 1. The van der Waals surface area contributed by atoms with E-state index in [4.69, 9.17) is 10.00 Å². The van der Waals surface area contributed by atoms with Crippen LogP contribution in [0.15, 0.2) is 53.9 Å². The highest BCUT2D eigenvalue weighted by molar-refractivity contribution is 8.01. The molecule has 3 heteroatoms. The summed E-state index contributed by atoms with van der Waals surface area (Å²) in [4.78, 5) is 0. The second-order valence-electron chi connectivity index (χ2n) is 5.05. The molecule has 0 atom stereocenters. The molecular weight excluding hydrogens is 290 g/mol. The molecule has 0 radical (unpaired) electrons. The Morgan fingerprint density at radius 2 is 1.82 bits per heavy atom. The van der Waals surface area contributed by atoms with Crippen molar-refractivity contribution in [3.05, 3.63) is 76.2 Å². The van der Waals surface area contributed by atoms with Crippen LogP contribution in [-0.2, 0) is 11.3 Å². The number of hydrogen-bond acceptors (Lipinski definition) is 3. The van der Waals surface area contributed by atoms with Crippen LogP contribution < -0.4 is 0 Å². The summed E-state index contributed by atoms with van der Waals surface area (Å²) >= 11 is 1.66. The largest absolute Gasteiger partial charge is 0.372 e. The van der Waals surface area contributed by atoms with Gasteiger partial charge in [0.1, 0.15) is 0 Å². The van der Waals surface area contributed by atoms with E-state index in [-0.39, 0.29) is 0 Å². The van der Waals surface area contributed by atoms with E-state index in [1.165, 1.54) is 11.1 Å². The minimum Gasteiger partial charge on any atom is -0.372 e. The van der Waals surface area contributed by atoms with Crippen molar-refractivity contribution in [3.8, 4) is 6.07 Å². The maximum Gasteiger partial charge on any atom is 0.0991 e. The highest BCUT2D eigenvalue weighted by Crippen LogP contribution is 2.19. The SMILES string of the molecule is CS/C=C(/COCc1ccc(C)cc1)c1ccc(C#N)cc1. The van der Waals surface area contributed by atoms with Gasteiger partial charge in [-0.25, -0.2) is 0 Å². The Morgan fingerprint density at radius 3 is 2.41 bits per heavy atom. The van der Waals surface area contributed by atoms with Crippen LogP contribution in [0.2, 0.25) is 0 Å². The molecule has 0 heterocycles. The third kappa shape index (κ3) is 4.77. The van der Waals surface area contributed by atoms with Gasteiger partial charge in [-0.05, 0) is 47.4 Å². The molecule has 0 aliphatic carbocycles. The second-order valence-corrected chi connectivity index (χ2v) is 5.75. The average Bonchev–Trinajstić information content (AvgIpc) is 2.56. The first-order valence-corrected chi connectivity index (χ1v) is 8.37. The standard InChI is InChI=1S/C19H19NOS/c1-15-3-5-17(6-4-15)12-21-13-19(14-22-2)18-9-7-16(11-20)8-10-18/h3-10,14H,12-13H2,1-2H3/b19-14-. The van der Waals surface area contributed by atoms with Gasteiger partial charge in [-0.15, -0.1) is 11.8 Å². The van der Waals surface area contributed by atoms with Crippen molar-refractivity contribution in [1.29, 1.82) is 5.26 Å². The van der Waals surface area contributed by atoms with Crippen molar-refractivity contribution < 1.29 is 4.74 Å². The quantitative estimate of drug-likeness (QED) is 0.769. The number of rotatable bonds is 6. The second kappa shape index (κ2) is 8.43. The predicted octanol–water partition coefficient (Wildman–Crippen LogP) is 4.79. The van der Waals surface area contributed by atoms with Crippen LogP contribution in [0.1, 0.15) is 22.3 Å². The van der Waals surface area contributed by atoms with Crippen LogP contribution >= 0.6 is 11.8 Å². The molecule has 0 unspecified atom stereocenters. The van der Waals surface area contributed by atoms with Crippen molar-refractivity contribution in [2.24, 2.45) is 0 Å². The van der Waals surface area contributed by atoms with Gasteiger partial charge in [-0.3, -0.25) is 0 Å². The van der Waals surface area contributed by atoms with Crippen molar-refractivity contribution in [1.82, 2.24) is 0 Å².